The predicted octanol–water partition coefficient (Wildman–Crippen LogP) is 2.02. The smallest absolute Gasteiger partial charge is 0.312 e. The van der Waals surface area contributed by atoms with Gasteiger partial charge in [-0.3, -0.25) is 9.59 Å². The van der Waals surface area contributed by atoms with Gasteiger partial charge in [-0.05, 0) is 39.4 Å². The quantitative estimate of drug-likeness (QED) is 0.784. The standard InChI is InChI=1S/C20H28N2O3/c1-15-5-4-6-16(11-15)12-18(23)22-9-7-20(8-10-22)13-17(14-21(2)3)25-19(20)24/h4-6,11,17H,7-10,12-14H2,1-3H3. The summed E-state index contributed by atoms with van der Waals surface area (Å²) in [4.78, 5) is 28.9. The average Bonchev–Trinajstić information content (AvgIpc) is 2.82. The van der Waals surface area contributed by atoms with Crippen molar-refractivity contribution in [3.05, 3.63) is 35.4 Å². The second-order valence-corrected chi connectivity index (χ2v) is 7.82. The molecule has 2 saturated heterocycles. The number of aryl methyl sites for hydroxylation is 1. The van der Waals surface area contributed by atoms with Crippen LogP contribution in [-0.2, 0) is 20.7 Å². The van der Waals surface area contributed by atoms with Gasteiger partial charge in [-0.1, -0.05) is 29.8 Å². The van der Waals surface area contributed by atoms with Crippen molar-refractivity contribution in [3.63, 3.8) is 0 Å². The van der Waals surface area contributed by atoms with Gasteiger partial charge in [-0.2, -0.15) is 0 Å². The highest BCUT2D eigenvalue weighted by atomic mass is 16.6. The largest absolute Gasteiger partial charge is 0.461 e. The molecule has 0 N–H and O–H groups in total. The van der Waals surface area contributed by atoms with Crippen LogP contribution in [0.25, 0.3) is 0 Å². The maximum absolute atomic E-state index is 12.6. The van der Waals surface area contributed by atoms with E-state index in [1.165, 1.54) is 5.56 Å². The molecule has 5 nitrogen and oxygen atoms in total. The van der Waals surface area contributed by atoms with E-state index in [4.69, 9.17) is 4.74 Å². The van der Waals surface area contributed by atoms with Crippen LogP contribution in [0.5, 0.6) is 0 Å². The maximum atomic E-state index is 12.6. The topological polar surface area (TPSA) is 49.9 Å². The van der Waals surface area contributed by atoms with Crippen molar-refractivity contribution >= 4 is 11.9 Å². The summed E-state index contributed by atoms with van der Waals surface area (Å²) in [6.45, 7) is 4.10. The van der Waals surface area contributed by atoms with Crippen LogP contribution in [0.15, 0.2) is 24.3 Å². The molecule has 0 saturated carbocycles. The Labute approximate surface area is 149 Å². The molecule has 2 aliphatic heterocycles. The molecule has 0 aliphatic carbocycles. The van der Waals surface area contributed by atoms with Gasteiger partial charge in [0.2, 0.25) is 5.91 Å². The molecule has 1 unspecified atom stereocenters. The normalized spacial score (nSPS) is 22.5. The molecule has 1 atom stereocenters. The Hall–Kier alpha value is -1.88. The molecule has 1 aromatic rings. The van der Waals surface area contributed by atoms with Crippen LogP contribution < -0.4 is 0 Å². The number of rotatable bonds is 4. The number of likely N-dealkylation sites (tertiary alicyclic amines) is 1. The molecular formula is C20H28N2O3. The number of hydrogen-bond donors (Lipinski definition) is 0. The molecule has 1 spiro atoms. The van der Waals surface area contributed by atoms with Gasteiger partial charge in [0.15, 0.2) is 0 Å². The molecule has 2 aliphatic rings. The highest BCUT2D eigenvalue weighted by Crippen LogP contribution is 2.43. The van der Waals surface area contributed by atoms with Crippen molar-refractivity contribution in [2.75, 3.05) is 33.7 Å². The number of carbonyl (C=O) groups is 2. The van der Waals surface area contributed by atoms with E-state index in [9.17, 15) is 9.59 Å². The first kappa shape index (κ1) is 17.9. The molecule has 136 valence electrons. The first-order chi connectivity index (χ1) is 11.9. The van der Waals surface area contributed by atoms with Crippen molar-refractivity contribution in [3.8, 4) is 0 Å². The Kier molecular flexibility index (Phi) is 5.13. The molecule has 2 heterocycles. The summed E-state index contributed by atoms with van der Waals surface area (Å²) in [5.41, 5.74) is 1.85. The van der Waals surface area contributed by atoms with Gasteiger partial charge in [0, 0.05) is 26.1 Å². The number of hydrogen-bond acceptors (Lipinski definition) is 4. The van der Waals surface area contributed by atoms with E-state index in [2.05, 4.69) is 11.0 Å². The molecule has 0 aromatic heterocycles. The fraction of sp³-hybridized carbons (Fsp3) is 0.600. The number of ether oxygens (including phenoxy) is 1. The number of piperidine rings is 1. The first-order valence-electron chi connectivity index (χ1n) is 9.07. The highest BCUT2D eigenvalue weighted by molar-refractivity contribution is 5.81. The zero-order valence-corrected chi connectivity index (χ0v) is 15.5. The van der Waals surface area contributed by atoms with Gasteiger partial charge in [-0.25, -0.2) is 0 Å². The van der Waals surface area contributed by atoms with Gasteiger partial charge in [0.25, 0.3) is 0 Å². The lowest BCUT2D eigenvalue weighted by atomic mass is 9.76. The van der Waals surface area contributed by atoms with E-state index < -0.39 is 0 Å². The summed E-state index contributed by atoms with van der Waals surface area (Å²) in [6, 6.07) is 8.08. The number of cyclic esters (lactones) is 1. The second-order valence-electron chi connectivity index (χ2n) is 7.82. The molecule has 1 amide bonds. The van der Waals surface area contributed by atoms with Crippen molar-refractivity contribution in [2.24, 2.45) is 5.41 Å². The highest BCUT2D eigenvalue weighted by Gasteiger charge is 2.50. The lowest BCUT2D eigenvalue weighted by Crippen LogP contribution is -2.45. The summed E-state index contributed by atoms with van der Waals surface area (Å²) >= 11 is 0. The third-order valence-corrected chi connectivity index (χ3v) is 5.40. The minimum Gasteiger partial charge on any atom is -0.461 e. The van der Waals surface area contributed by atoms with Gasteiger partial charge in [-0.15, -0.1) is 0 Å². The maximum Gasteiger partial charge on any atom is 0.312 e. The Morgan fingerprint density at radius 1 is 1.32 bits per heavy atom. The molecule has 1 aromatic carbocycles. The summed E-state index contributed by atoms with van der Waals surface area (Å²) in [5.74, 6) is 0.0850. The fourth-order valence-corrected chi connectivity index (χ4v) is 4.05. The molecule has 3 rings (SSSR count). The monoisotopic (exact) mass is 344 g/mol. The molecule has 2 fully saturated rings. The van der Waals surface area contributed by atoms with Crippen LogP contribution in [0.3, 0.4) is 0 Å². The number of nitrogens with zero attached hydrogens (tertiary/aromatic N) is 2. The number of amides is 1. The Balaban J connectivity index is 1.56. The lowest BCUT2D eigenvalue weighted by Gasteiger charge is -2.36. The minimum absolute atomic E-state index is 0.0166. The van der Waals surface area contributed by atoms with E-state index in [1.54, 1.807) is 0 Å². The lowest BCUT2D eigenvalue weighted by molar-refractivity contribution is -0.152. The van der Waals surface area contributed by atoms with E-state index in [0.29, 0.717) is 19.5 Å². The summed E-state index contributed by atoms with van der Waals surface area (Å²) in [7, 11) is 3.98. The number of likely N-dealkylation sites (N-methyl/N-ethyl adjacent to an activating group) is 1. The van der Waals surface area contributed by atoms with Crippen molar-refractivity contribution in [1.82, 2.24) is 9.80 Å². The Morgan fingerprint density at radius 3 is 2.68 bits per heavy atom. The molecule has 0 bridgehead atoms. The van der Waals surface area contributed by atoms with Crippen molar-refractivity contribution in [2.45, 2.75) is 38.7 Å². The zero-order chi connectivity index (χ0) is 18.0. The molecular weight excluding hydrogens is 316 g/mol. The van der Waals surface area contributed by atoms with Gasteiger partial charge in [0.05, 0.1) is 11.8 Å². The van der Waals surface area contributed by atoms with Crippen LogP contribution in [-0.4, -0.2) is 61.5 Å². The Morgan fingerprint density at radius 2 is 2.04 bits per heavy atom. The molecule has 25 heavy (non-hydrogen) atoms. The first-order valence-corrected chi connectivity index (χ1v) is 9.07. The second kappa shape index (κ2) is 7.16. The van der Waals surface area contributed by atoms with Crippen LogP contribution in [0.4, 0.5) is 0 Å². The van der Waals surface area contributed by atoms with Gasteiger partial charge < -0.3 is 14.5 Å². The third-order valence-electron chi connectivity index (χ3n) is 5.40. The van der Waals surface area contributed by atoms with Crippen molar-refractivity contribution in [1.29, 1.82) is 0 Å². The number of carbonyl (C=O) groups excluding carboxylic acids is 2. The Bertz CT molecular complexity index is 648. The predicted molar refractivity (Wildman–Crippen MR) is 96.2 cm³/mol. The number of esters is 1. The van der Waals surface area contributed by atoms with Crippen LogP contribution in [0.2, 0.25) is 0 Å². The van der Waals surface area contributed by atoms with Crippen LogP contribution in [0, 0.1) is 12.3 Å². The van der Waals surface area contributed by atoms with Gasteiger partial charge in [0.1, 0.15) is 6.10 Å². The number of benzene rings is 1. The summed E-state index contributed by atoms with van der Waals surface area (Å²) < 4.78 is 5.59. The third kappa shape index (κ3) is 4.03. The van der Waals surface area contributed by atoms with E-state index >= 15 is 0 Å². The minimum atomic E-state index is -0.374. The van der Waals surface area contributed by atoms with Crippen LogP contribution in [0.1, 0.15) is 30.4 Å². The zero-order valence-electron chi connectivity index (χ0n) is 15.5. The molecule has 5 heteroatoms. The van der Waals surface area contributed by atoms with Gasteiger partial charge >= 0.3 is 5.97 Å². The molecule has 0 radical (unpaired) electrons. The fourth-order valence-electron chi connectivity index (χ4n) is 4.05. The van der Waals surface area contributed by atoms with E-state index in [1.807, 2.05) is 44.1 Å². The van der Waals surface area contributed by atoms with E-state index in [0.717, 1.165) is 31.4 Å². The van der Waals surface area contributed by atoms with Crippen molar-refractivity contribution < 1.29 is 14.3 Å². The van der Waals surface area contributed by atoms with Crippen LogP contribution >= 0.6 is 0 Å². The average molecular weight is 344 g/mol. The summed E-state index contributed by atoms with van der Waals surface area (Å²) in [6.07, 6.45) is 2.63. The van der Waals surface area contributed by atoms with E-state index in [-0.39, 0.29) is 23.4 Å². The summed E-state index contributed by atoms with van der Waals surface area (Å²) in [5, 5.41) is 0. The SMILES string of the molecule is Cc1cccc(CC(=O)N2CCC3(CC2)CC(CN(C)C)OC3=O)c1.